The van der Waals surface area contributed by atoms with Gasteiger partial charge in [-0.3, -0.25) is 0 Å². The lowest BCUT2D eigenvalue weighted by Crippen LogP contribution is -2.21. The number of hydrogen-bond acceptors (Lipinski definition) is 1. The second kappa shape index (κ2) is 5.72. The number of aliphatic hydroxyl groups is 1. The molecule has 0 radical (unpaired) electrons. The van der Waals surface area contributed by atoms with E-state index in [2.05, 4.69) is 6.92 Å². The van der Waals surface area contributed by atoms with Crippen molar-refractivity contribution in [1.82, 2.24) is 0 Å². The first-order valence-electron chi connectivity index (χ1n) is 4.49. The molecule has 0 amide bonds. The van der Waals surface area contributed by atoms with Gasteiger partial charge in [-0.25, -0.2) is 0 Å². The molecule has 0 aromatic heterocycles. The van der Waals surface area contributed by atoms with Gasteiger partial charge in [0.2, 0.25) is 0 Å². The van der Waals surface area contributed by atoms with Gasteiger partial charge in [0.05, 0.1) is 6.10 Å². The predicted molar refractivity (Wildman–Crippen MR) is 45.0 cm³/mol. The highest BCUT2D eigenvalue weighted by molar-refractivity contribution is 4.69. The van der Waals surface area contributed by atoms with Crippen LogP contribution in [-0.4, -0.2) is 11.2 Å². The Kier molecular flexibility index (Phi) is 5.70. The van der Waals surface area contributed by atoms with Gasteiger partial charge in [0.25, 0.3) is 0 Å². The van der Waals surface area contributed by atoms with Crippen LogP contribution < -0.4 is 0 Å². The Balaban J connectivity index is 0.000000371. The molecule has 0 bridgehead atoms. The zero-order chi connectivity index (χ0) is 7.98. The predicted octanol–water partition coefficient (Wildman–Crippen LogP) is 2.58. The third-order valence-corrected chi connectivity index (χ3v) is 2.07. The second-order valence-electron chi connectivity index (χ2n) is 2.83. The molecule has 0 spiro atoms. The maximum atomic E-state index is 9.18. The summed E-state index contributed by atoms with van der Waals surface area (Å²) in [5, 5.41) is 9.18. The van der Waals surface area contributed by atoms with Crippen LogP contribution in [0.4, 0.5) is 0 Å². The highest BCUT2D eigenvalue weighted by Crippen LogP contribution is 2.22. The van der Waals surface area contributed by atoms with E-state index in [-0.39, 0.29) is 6.10 Å². The van der Waals surface area contributed by atoms with Gasteiger partial charge in [-0.15, -0.1) is 0 Å². The summed E-state index contributed by atoms with van der Waals surface area (Å²) in [5.74, 6) is 0.559. The summed E-state index contributed by atoms with van der Waals surface area (Å²) in [5.41, 5.74) is 0. The molecule has 0 saturated heterocycles. The van der Waals surface area contributed by atoms with E-state index in [0.717, 1.165) is 6.42 Å². The molecule has 0 heterocycles. The monoisotopic (exact) mass is 144 g/mol. The third kappa shape index (κ3) is 3.21. The summed E-state index contributed by atoms with van der Waals surface area (Å²) in [4.78, 5) is 0. The second-order valence-corrected chi connectivity index (χ2v) is 2.83. The van der Waals surface area contributed by atoms with Gasteiger partial charge in [-0.05, 0) is 18.8 Å². The van der Waals surface area contributed by atoms with Crippen LogP contribution >= 0.6 is 0 Å². The first kappa shape index (κ1) is 9.96. The molecule has 0 aliphatic heterocycles. The van der Waals surface area contributed by atoms with Crippen LogP contribution in [0.1, 0.15) is 46.5 Å². The zero-order valence-corrected chi connectivity index (χ0v) is 7.43. The lowest BCUT2D eigenvalue weighted by atomic mass is 9.88. The largest absolute Gasteiger partial charge is 0.393 e. The average Bonchev–Trinajstić information content (AvgIpc) is 2.00. The van der Waals surface area contributed by atoms with Crippen LogP contribution in [0.25, 0.3) is 0 Å². The quantitative estimate of drug-likeness (QED) is 0.554. The molecule has 1 rings (SSSR count). The Hall–Kier alpha value is -0.0400. The van der Waals surface area contributed by atoms with Crippen molar-refractivity contribution in [2.24, 2.45) is 5.92 Å². The molecule has 1 nitrogen and oxygen atoms in total. The van der Waals surface area contributed by atoms with E-state index >= 15 is 0 Å². The third-order valence-electron chi connectivity index (χ3n) is 2.07. The average molecular weight is 144 g/mol. The van der Waals surface area contributed by atoms with Gasteiger partial charge in [-0.1, -0.05) is 33.6 Å². The minimum Gasteiger partial charge on any atom is -0.393 e. The topological polar surface area (TPSA) is 20.2 Å². The Morgan fingerprint density at radius 3 is 1.90 bits per heavy atom. The van der Waals surface area contributed by atoms with Crippen molar-refractivity contribution in [2.75, 3.05) is 0 Å². The van der Waals surface area contributed by atoms with Gasteiger partial charge >= 0.3 is 0 Å². The van der Waals surface area contributed by atoms with Crippen LogP contribution in [0.3, 0.4) is 0 Å². The maximum Gasteiger partial charge on any atom is 0.0565 e. The van der Waals surface area contributed by atoms with E-state index in [0.29, 0.717) is 5.92 Å². The van der Waals surface area contributed by atoms with Crippen molar-refractivity contribution < 1.29 is 5.11 Å². The molecule has 0 unspecified atom stereocenters. The summed E-state index contributed by atoms with van der Waals surface area (Å²) < 4.78 is 0. The first-order chi connectivity index (χ1) is 4.80. The van der Waals surface area contributed by atoms with Gasteiger partial charge in [0, 0.05) is 0 Å². The summed E-state index contributed by atoms with van der Waals surface area (Å²) in [7, 11) is 0. The molecule has 2 atom stereocenters. The fourth-order valence-electron chi connectivity index (χ4n) is 1.30. The fraction of sp³-hybridized carbons (Fsp3) is 1.00. The molecule has 1 aliphatic carbocycles. The molecule has 1 fully saturated rings. The molecule has 62 valence electrons. The van der Waals surface area contributed by atoms with Crippen LogP contribution in [0.15, 0.2) is 0 Å². The standard InChI is InChI=1S/C7H14O.C2H6/c1-6-4-2-3-5-7(6)8;1-2/h6-8H,2-5H2,1H3;1-2H3/t6-,7-;/m0./s1. The van der Waals surface area contributed by atoms with Crippen molar-refractivity contribution in [3.05, 3.63) is 0 Å². The normalized spacial score (nSPS) is 32.4. The highest BCUT2D eigenvalue weighted by Gasteiger charge is 2.17. The molecule has 1 N–H and O–H groups in total. The van der Waals surface area contributed by atoms with Crippen LogP contribution in [-0.2, 0) is 0 Å². The minimum absolute atomic E-state index is 0.00347. The van der Waals surface area contributed by atoms with E-state index in [1.165, 1.54) is 19.3 Å². The zero-order valence-electron chi connectivity index (χ0n) is 7.43. The molecule has 1 saturated carbocycles. The Morgan fingerprint density at radius 1 is 1.10 bits per heavy atom. The van der Waals surface area contributed by atoms with Gasteiger partial charge in [0.1, 0.15) is 0 Å². The first-order valence-corrected chi connectivity index (χ1v) is 4.49. The van der Waals surface area contributed by atoms with E-state index in [1.54, 1.807) is 0 Å². The highest BCUT2D eigenvalue weighted by atomic mass is 16.3. The summed E-state index contributed by atoms with van der Waals surface area (Å²) in [6.07, 6.45) is 4.80. The Morgan fingerprint density at radius 2 is 1.60 bits per heavy atom. The molecule has 1 heteroatoms. The molecular weight excluding hydrogens is 124 g/mol. The molecule has 1 aliphatic rings. The minimum atomic E-state index is 0.00347. The van der Waals surface area contributed by atoms with Crippen molar-refractivity contribution in [2.45, 2.75) is 52.6 Å². The van der Waals surface area contributed by atoms with Crippen molar-refractivity contribution >= 4 is 0 Å². The van der Waals surface area contributed by atoms with E-state index in [1.807, 2.05) is 13.8 Å². The van der Waals surface area contributed by atoms with E-state index in [4.69, 9.17) is 0 Å². The van der Waals surface area contributed by atoms with E-state index in [9.17, 15) is 5.11 Å². The van der Waals surface area contributed by atoms with Gasteiger partial charge in [0.15, 0.2) is 0 Å². The number of hydrogen-bond donors (Lipinski definition) is 1. The SMILES string of the molecule is CC.C[C@H]1CCCC[C@@H]1O. The van der Waals surface area contributed by atoms with Gasteiger partial charge in [-0.2, -0.15) is 0 Å². The number of rotatable bonds is 0. The fourth-order valence-corrected chi connectivity index (χ4v) is 1.30. The smallest absolute Gasteiger partial charge is 0.0565 e. The molecule has 10 heavy (non-hydrogen) atoms. The molecule has 0 aromatic rings. The van der Waals surface area contributed by atoms with Crippen LogP contribution in [0, 0.1) is 5.92 Å². The maximum absolute atomic E-state index is 9.18. The van der Waals surface area contributed by atoms with Crippen molar-refractivity contribution in [1.29, 1.82) is 0 Å². The summed E-state index contributed by atoms with van der Waals surface area (Å²) in [6, 6.07) is 0. The Labute approximate surface area is 64.5 Å². The molecule has 0 aromatic carbocycles. The summed E-state index contributed by atoms with van der Waals surface area (Å²) >= 11 is 0. The summed E-state index contributed by atoms with van der Waals surface area (Å²) in [6.45, 7) is 6.13. The van der Waals surface area contributed by atoms with Crippen molar-refractivity contribution in [3.8, 4) is 0 Å². The lowest BCUT2D eigenvalue weighted by molar-refractivity contribution is 0.0793. The Bertz CT molecular complexity index is 61.1. The molecular formula is C9H20O. The van der Waals surface area contributed by atoms with Crippen molar-refractivity contribution in [3.63, 3.8) is 0 Å². The van der Waals surface area contributed by atoms with Gasteiger partial charge < -0.3 is 5.11 Å². The lowest BCUT2D eigenvalue weighted by Gasteiger charge is -2.23. The van der Waals surface area contributed by atoms with E-state index < -0.39 is 0 Å². The van der Waals surface area contributed by atoms with Crippen LogP contribution in [0.2, 0.25) is 0 Å². The number of aliphatic hydroxyl groups excluding tert-OH is 1. The van der Waals surface area contributed by atoms with Crippen LogP contribution in [0.5, 0.6) is 0 Å².